The molecule has 0 unspecified atom stereocenters. The van der Waals surface area contributed by atoms with Crippen molar-refractivity contribution in [1.29, 1.82) is 0 Å². The number of rotatable bonds is 1. The number of aromatic nitrogens is 4. The SMILES string of the molecule is O=c1c2c3c(sc2n2cnnc2n1-c1ccc(Cl)cc1)CCCC3. The number of aryl methyl sites for hydroxylation is 2. The van der Waals surface area contributed by atoms with Gasteiger partial charge in [-0.05, 0) is 55.5 Å². The highest BCUT2D eigenvalue weighted by atomic mass is 35.5. The molecule has 0 aliphatic heterocycles. The molecule has 0 amide bonds. The molecule has 0 atom stereocenters. The van der Waals surface area contributed by atoms with Gasteiger partial charge < -0.3 is 0 Å². The van der Waals surface area contributed by atoms with Crippen molar-refractivity contribution >= 4 is 38.9 Å². The number of benzene rings is 1. The molecule has 5 nitrogen and oxygen atoms in total. The first-order valence-electron chi connectivity index (χ1n) is 7.89. The van der Waals surface area contributed by atoms with Crippen molar-refractivity contribution in [2.24, 2.45) is 0 Å². The van der Waals surface area contributed by atoms with E-state index in [1.165, 1.54) is 16.9 Å². The van der Waals surface area contributed by atoms with Crippen molar-refractivity contribution < 1.29 is 0 Å². The molecule has 0 fully saturated rings. The van der Waals surface area contributed by atoms with E-state index in [-0.39, 0.29) is 5.56 Å². The fourth-order valence-corrected chi connectivity index (χ4v) is 4.96. The Morgan fingerprint density at radius 2 is 1.92 bits per heavy atom. The van der Waals surface area contributed by atoms with Crippen molar-refractivity contribution in [2.75, 3.05) is 0 Å². The first kappa shape index (κ1) is 14.2. The molecule has 5 rings (SSSR count). The second-order valence-corrected chi connectivity index (χ2v) is 7.53. The summed E-state index contributed by atoms with van der Waals surface area (Å²) in [6, 6.07) is 7.24. The lowest BCUT2D eigenvalue weighted by molar-refractivity contribution is 0.699. The summed E-state index contributed by atoms with van der Waals surface area (Å²) in [7, 11) is 0. The molecule has 0 N–H and O–H groups in total. The minimum atomic E-state index is -0.0211. The Hall–Kier alpha value is -2.18. The van der Waals surface area contributed by atoms with Crippen LogP contribution < -0.4 is 5.56 Å². The molecule has 0 saturated heterocycles. The van der Waals surface area contributed by atoms with E-state index in [1.807, 2.05) is 16.5 Å². The van der Waals surface area contributed by atoms with E-state index in [0.29, 0.717) is 10.8 Å². The van der Waals surface area contributed by atoms with Gasteiger partial charge in [-0.25, -0.2) is 4.57 Å². The molecule has 120 valence electrons. The molecule has 24 heavy (non-hydrogen) atoms. The summed E-state index contributed by atoms with van der Waals surface area (Å²) >= 11 is 7.69. The summed E-state index contributed by atoms with van der Waals surface area (Å²) in [6.07, 6.45) is 6.04. The number of hydrogen-bond donors (Lipinski definition) is 0. The Balaban J connectivity index is 1.95. The van der Waals surface area contributed by atoms with Gasteiger partial charge in [0.1, 0.15) is 11.2 Å². The van der Waals surface area contributed by atoms with Crippen LogP contribution in [0.4, 0.5) is 0 Å². The molecule has 1 aliphatic rings. The fraction of sp³-hybridized carbons (Fsp3) is 0.235. The number of hydrogen-bond acceptors (Lipinski definition) is 4. The van der Waals surface area contributed by atoms with Gasteiger partial charge in [-0.1, -0.05) is 11.6 Å². The average Bonchev–Trinajstić information content (AvgIpc) is 3.20. The van der Waals surface area contributed by atoms with Gasteiger partial charge in [-0.15, -0.1) is 21.5 Å². The Labute approximate surface area is 146 Å². The molecule has 3 heterocycles. The molecule has 4 aromatic rings. The third-order valence-corrected chi connectivity index (χ3v) is 6.15. The van der Waals surface area contributed by atoms with Crippen molar-refractivity contribution in [3.05, 3.63) is 56.4 Å². The van der Waals surface area contributed by atoms with Gasteiger partial charge >= 0.3 is 0 Å². The predicted molar refractivity (Wildman–Crippen MR) is 95.6 cm³/mol. The minimum Gasteiger partial charge on any atom is -0.268 e. The second-order valence-electron chi connectivity index (χ2n) is 6.01. The maximum absolute atomic E-state index is 13.3. The summed E-state index contributed by atoms with van der Waals surface area (Å²) < 4.78 is 3.56. The molecule has 7 heteroatoms. The lowest BCUT2D eigenvalue weighted by Gasteiger charge is -2.11. The number of thiophene rings is 1. The van der Waals surface area contributed by atoms with Crippen molar-refractivity contribution in [1.82, 2.24) is 19.2 Å². The summed E-state index contributed by atoms with van der Waals surface area (Å²) in [6.45, 7) is 0. The molecule has 1 aliphatic carbocycles. The van der Waals surface area contributed by atoms with E-state index >= 15 is 0 Å². The van der Waals surface area contributed by atoms with Crippen molar-refractivity contribution in [3.63, 3.8) is 0 Å². The molecular weight excluding hydrogens is 344 g/mol. The lowest BCUT2D eigenvalue weighted by atomic mass is 9.97. The summed E-state index contributed by atoms with van der Waals surface area (Å²) in [4.78, 5) is 15.6. The summed E-state index contributed by atoms with van der Waals surface area (Å²) in [5.74, 6) is 0.536. The van der Waals surface area contributed by atoms with Crippen LogP contribution >= 0.6 is 22.9 Å². The topological polar surface area (TPSA) is 52.2 Å². The quantitative estimate of drug-likeness (QED) is 0.523. The van der Waals surface area contributed by atoms with Gasteiger partial charge in [0.15, 0.2) is 0 Å². The zero-order valence-electron chi connectivity index (χ0n) is 12.7. The number of fused-ring (bicyclic) bond motifs is 5. The van der Waals surface area contributed by atoms with Crippen LogP contribution in [0.1, 0.15) is 23.3 Å². The van der Waals surface area contributed by atoms with Gasteiger partial charge in [0.2, 0.25) is 5.78 Å². The van der Waals surface area contributed by atoms with Crippen LogP contribution in [0.3, 0.4) is 0 Å². The van der Waals surface area contributed by atoms with Crippen LogP contribution in [0.5, 0.6) is 0 Å². The minimum absolute atomic E-state index is 0.0211. The van der Waals surface area contributed by atoms with E-state index in [2.05, 4.69) is 10.2 Å². The van der Waals surface area contributed by atoms with E-state index in [0.717, 1.165) is 35.2 Å². The van der Waals surface area contributed by atoms with Gasteiger partial charge in [0.25, 0.3) is 5.56 Å². The smallest absolute Gasteiger partial charge is 0.268 e. The molecule has 0 saturated carbocycles. The highest BCUT2D eigenvalue weighted by Crippen LogP contribution is 2.35. The van der Waals surface area contributed by atoms with Crippen LogP contribution in [-0.4, -0.2) is 19.2 Å². The number of nitrogens with zero attached hydrogens (tertiary/aromatic N) is 4. The predicted octanol–water partition coefficient (Wildman–Crippen LogP) is 3.63. The first-order valence-corrected chi connectivity index (χ1v) is 9.08. The second kappa shape index (κ2) is 5.16. The molecular formula is C17H13ClN4OS. The molecule has 1 aromatic carbocycles. The average molecular weight is 357 g/mol. The van der Waals surface area contributed by atoms with Crippen LogP contribution in [0.25, 0.3) is 21.7 Å². The van der Waals surface area contributed by atoms with Crippen LogP contribution in [0.2, 0.25) is 5.02 Å². The Kier molecular flexibility index (Phi) is 3.05. The third-order valence-electron chi connectivity index (χ3n) is 4.60. The Bertz CT molecular complexity index is 1140. The van der Waals surface area contributed by atoms with E-state index < -0.39 is 0 Å². The van der Waals surface area contributed by atoms with E-state index in [1.54, 1.807) is 34.4 Å². The third kappa shape index (κ3) is 1.90. The molecule has 3 aromatic heterocycles. The maximum atomic E-state index is 13.3. The molecule has 0 radical (unpaired) electrons. The zero-order chi connectivity index (χ0) is 16.3. The Morgan fingerprint density at radius 3 is 2.75 bits per heavy atom. The lowest BCUT2D eigenvalue weighted by Crippen LogP contribution is -2.22. The first-order chi connectivity index (χ1) is 11.7. The summed E-state index contributed by atoms with van der Waals surface area (Å²) in [5.41, 5.74) is 1.94. The summed E-state index contributed by atoms with van der Waals surface area (Å²) in [5, 5.41) is 9.67. The van der Waals surface area contributed by atoms with Crippen LogP contribution in [-0.2, 0) is 12.8 Å². The number of halogens is 1. The maximum Gasteiger partial charge on any atom is 0.268 e. The largest absolute Gasteiger partial charge is 0.268 e. The highest BCUT2D eigenvalue weighted by molar-refractivity contribution is 7.18. The normalized spacial score (nSPS) is 14.4. The fourth-order valence-electron chi connectivity index (χ4n) is 3.49. The highest BCUT2D eigenvalue weighted by Gasteiger charge is 2.23. The Morgan fingerprint density at radius 1 is 1.12 bits per heavy atom. The van der Waals surface area contributed by atoms with Crippen molar-refractivity contribution in [3.8, 4) is 5.69 Å². The van der Waals surface area contributed by atoms with Crippen LogP contribution in [0.15, 0.2) is 35.4 Å². The van der Waals surface area contributed by atoms with Gasteiger partial charge in [0, 0.05) is 9.90 Å². The van der Waals surface area contributed by atoms with E-state index in [4.69, 9.17) is 11.6 Å². The van der Waals surface area contributed by atoms with E-state index in [9.17, 15) is 4.79 Å². The van der Waals surface area contributed by atoms with Crippen LogP contribution in [0, 0.1) is 0 Å². The molecule has 0 bridgehead atoms. The monoisotopic (exact) mass is 356 g/mol. The van der Waals surface area contributed by atoms with Crippen molar-refractivity contribution in [2.45, 2.75) is 25.7 Å². The van der Waals surface area contributed by atoms with Gasteiger partial charge in [-0.3, -0.25) is 9.20 Å². The van der Waals surface area contributed by atoms with Gasteiger partial charge in [0.05, 0.1) is 11.1 Å². The molecule has 0 spiro atoms. The zero-order valence-corrected chi connectivity index (χ0v) is 14.3. The standard InChI is InChI=1S/C17H13ClN4OS/c18-10-5-7-11(8-6-10)22-15(23)14-12-3-1-2-4-13(12)24-16(14)21-9-19-20-17(21)22/h5-9H,1-4H2. The van der Waals surface area contributed by atoms with Gasteiger partial charge in [-0.2, -0.15) is 0 Å².